The number of hydrogen-bond acceptors (Lipinski definition) is 4. The molecule has 0 saturated heterocycles. The van der Waals surface area contributed by atoms with E-state index in [2.05, 4.69) is 0 Å². The second-order valence-electron chi connectivity index (χ2n) is 3.65. The summed E-state index contributed by atoms with van der Waals surface area (Å²) in [7, 11) is 0. The molecule has 94 valence electrons. The van der Waals surface area contributed by atoms with Crippen molar-refractivity contribution in [2.45, 2.75) is 12.3 Å². The van der Waals surface area contributed by atoms with E-state index in [4.69, 9.17) is 16.3 Å². The number of halogens is 1. The summed E-state index contributed by atoms with van der Waals surface area (Å²) in [6.45, 7) is 1.88. The van der Waals surface area contributed by atoms with Crippen LogP contribution >= 0.6 is 22.9 Å². The minimum Gasteiger partial charge on any atom is -0.465 e. The third kappa shape index (κ3) is 2.40. The quantitative estimate of drug-likeness (QED) is 0.374. The van der Waals surface area contributed by atoms with Crippen LogP contribution < -0.4 is 0 Å². The summed E-state index contributed by atoms with van der Waals surface area (Å²) >= 11 is 7.37. The van der Waals surface area contributed by atoms with Crippen LogP contribution in [0.2, 0.25) is 0 Å². The van der Waals surface area contributed by atoms with Crippen molar-refractivity contribution >= 4 is 34.7 Å². The molecule has 0 amide bonds. The fraction of sp³-hybridized carbons (Fsp3) is 0.231. The first-order valence-corrected chi connectivity index (χ1v) is 6.83. The van der Waals surface area contributed by atoms with Crippen LogP contribution in [0.3, 0.4) is 0 Å². The van der Waals surface area contributed by atoms with E-state index in [1.807, 2.05) is 22.9 Å². The summed E-state index contributed by atoms with van der Waals surface area (Å²) in [5.41, 5.74) is 2.25. The van der Waals surface area contributed by atoms with Gasteiger partial charge in [-0.3, -0.25) is 4.79 Å². The predicted molar refractivity (Wildman–Crippen MR) is 71.5 cm³/mol. The van der Waals surface area contributed by atoms with Gasteiger partial charge < -0.3 is 4.74 Å². The summed E-state index contributed by atoms with van der Waals surface area (Å²) in [6.07, 6.45) is 0. The van der Waals surface area contributed by atoms with Crippen LogP contribution in [0.4, 0.5) is 0 Å². The van der Waals surface area contributed by atoms with Crippen molar-refractivity contribution in [3.8, 4) is 11.1 Å². The molecule has 0 fully saturated rings. The number of Topliss-reactive ketones (excluding diaryl/α,β-unsaturated/α-hetero) is 1. The van der Waals surface area contributed by atoms with Gasteiger partial charge in [0, 0.05) is 5.56 Å². The van der Waals surface area contributed by atoms with Gasteiger partial charge in [0.15, 0.2) is 11.2 Å². The standard InChI is InChI=1S/C13H11ClO3S/c1-2-17-13(16)11(14)12(15)10-4-3-8-7-18-6-5-9(8)10/h3-7,11H,2H2,1H3. The van der Waals surface area contributed by atoms with Gasteiger partial charge in [-0.1, -0.05) is 12.1 Å². The lowest BCUT2D eigenvalue weighted by Crippen LogP contribution is -2.26. The van der Waals surface area contributed by atoms with Crippen molar-refractivity contribution in [1.82, 2.24) is 0 Å². The molecular weight excluding hydrogens is 272 g/mol. The van der Waals surface area contributed by atoms with E-state index in [-0.39, 0.29) is 6.61 Å². The molecule has 1 atom stereocenters. The molecule has 2 aliphatic rings. The van der Waals surface area contributed by atoms with Crippen molar-refractivity contribution in [3.05, 3.63) is 34.5 Å². The van der Waals surface area contributed by atoms with Gasteiger partial charge in [-0.05, 0) is 34.9 Å². The van der Waals surface area contributed by atoms with E-state index in [1.165, 1.54) is 0 Å². The molecule has 1 heterocycles. The first-order valence-electron chi connectivity index (χ1n) is 5.45. The number of ketones is 1. The topological polar surface area (TPSA) is 43.4 Å². The molecule has 0 N–H and O–H groups in total. The zero-order valence-electron chi connectivity index (χ0n) is 9.68. The maximum atomic E-state index is 12.1. The van der Waals surface area contributed by atoms with E-state index in [1.54, 1.807) is 24.3 Å². The third-order valence-corrected chi connectivity index (χ3v) is 3.59. The van der Waals surface area contributed by atoms with Gasteiger partial charge in [-0.25, -0.2) is 4.79 Å². The summed E-state index contributed by atoms with van der Waals surface area (Å²) in [6, 6.07) is 5.38. The lowest BCUT2D eigenvalue weighted by atomic mass is 10.1. The van der Waals surface area contributed by atoms with Crippen molar-refractivity contribution in [2.24, 2.45) is 0 Å². The molecule has 0 radical (unpaired) electrons. The van der Waals surface area contributed by atoms with Gasteiger partial charge in [-0.2, -0.15) is 11.3 Å². The largest absolute Gasteiger partial charge is 0.465 e. The smallest absolute Gasteiger partial charge is 0.332 e. The highest BCUT2D eigenvalue weighted by atomic mass is 35.5. The second-order valence-corrected chi connectivity index (χ2v) is 4.87. The van der Waals surface area contributed by atoms with Crippen LogP contribution in [-0.4, -0.2) is 23.7 Å². The SMILES string of the molecule is CCOC(=O)C(Cl)C(=O)c1ccc2csccc1-2. The average molecular weight is 283 g/mol. The first kappa shape index (κ1) is 13.1. The Morgan fingerprint density at radius 3 is 2.89 bits per heavy atom. The van der Waals surface area contributed by atoms with Crippen LogP contribution in [0.5, 0.6) is 0 Å². The molecule has 1 unspecified atom stereocenters. The van der Waals surface area contributed by atoms with Crippen LogP contribution in [0.25, 0.3) is 11.1 Å². The Labute approximate surface area is 114 Å². The average Bonchev–Trinajstić information content (AvgIpc) is 2.81. The van der Waals surface area contributed by atoms with Crippen molar-refractivity contribution in [3.63, 3.8) is 0 Å². The van der Waals surface area contributed by atoms with Gasteiger partial charge in [0.25, 0.3) is 0 Å². The second kappa shape index (κ2) is 5.50. The van der Waals surface area contributed by atoms with Gasteiger partial charge in [-0.15, -0.1) is 11.6 Å². The number of fused-ring (bicyclic) bond motifs is 1. The molecule has 0 saturated carbocycles. The number of carbonyl (C=O) groups is 2. The van der Waals surface area contributed by atoms with Gasteiger partial charge >= 0.3 is 5.97 Å². The third-order valence-electron chi connectivity index (χ3n) is 2.53. The summed E-state index contributed by atoms with van der Waals surface area (Å²) in [5, 5.41) is 2.55. The molecule has 3 nitrogen and oxygen atoms in total. The number of esters is 1. The van der Waals surface area contributed by atoms with Crippen LogP contribution in [-0.2, 0) is 9.53 Å². The lowest BCUT2D eigenvalue weighted by Gasteiger charge is -2.08. The van der Waals surface area contributed by atoms with Gasteiger partial charge in [0.2, 0.25) is 0 Å². The molecule has 0 aromatic rings. The van der Waals surface area contributed by atoms with E-state index >= 15 is 0 Å². The lowest BCUT2D eigenvalue weighted by molar-refractivity contribution is -0.141. The fourth-order valence-electron chi connectivity index (χ4n) is 1.69. The molecule has 0 bridgehead atoms. The van der Waals surface area contributed by atoms with Crippen LogP contribution in [0.15, 0.2) is 29.0 Å². The number of carbonyl (C=O) groups excluding carboxylic acids is 2. The summed E-state index contributed by atoms with van der Waals surface area (Å²) in [5.74, 6) is -1.11. The Morgan fingerprint density at radius 2 is 2.17 bits per heavy atom. The number of hydrogen-bond donors (Lipinski definition) is 0. The zero-order chi connectivity index (χ0) is 13.1. The molecule has 1 aliphatic carbocycles. The minimum atomic E-state index is -1.28. The molecular formula is C13H11ClO3S. The van der Waals surface area contributed by atoms with E-state index < -0.39 is 17.1 Å². The minimum absolute atomic E-state index is 0.207. The highest BCUT2D eigenvalue weighted by molar-refractivity contribution is 7.07. The highest BCUT2D eigenvalue weighted by Gasteiger charge is 2.29. The molecule has 18 heavy (non-hydrogen) atoms. The van der Waals surface area contributed by atoms with E-state index in [9.17, 15) is 9.59 Å². The van der Waals surface area contributed by atoms with Crippen molar-refractivity contribution in [2.75, 3.05) is 6.61 Å². The Kier molecular flexibility index (Phi) is 3.99. The Bertz CT molecular complexity index is 549. The predicted octanol–water partition coefficient (Wildman–Crippen LogP) is 3.21. The van der Waals surface area contributed by atoms with E-state index in [0.717, 1.165) is 11.1 Å². The number of ether oxygens (including phenoxy) is 1. The Balaban J connectivity index is 2.27. The molecule has 0 spiro atoms. The summed E-state index contributed by atoms with van der Waals surface area (Å²) < 4.78 is 4.75. The van der Waals surface area contributed by atoms with Crippen molar-refractivity contribution < 1.29 is 14.3 Å². The van der Waals surface area contributed by atoms with Crippen LogP contribution in [0, 0.1) is 0 Å². The molecule has 2 rings (SSSR count). The fourth-order valence-corrected chi connectivity index (χ4v) is 2.52. The Morgan fingerprint density at radius 1 is 1.39 bits per heavy atom. The van der Waals surface area contributed by atoms with Crippen LogP contribution in [0.1, 0.15) is 17.3 Å². The van der Waals surface area contributed by atoms with Gasteiger partial charge in [0.1, 0.15) is 0 Å². The van der Waals surface area contributed by atoms with Gasteiger partial charge in [0.05, 0.1) is 6.61 Å². The highest BCUT2D eigenvalue weighted by Crippen LogP contribution is 2.30. The maximum absolute atomic E-state index is 12.1. The zero-order valence-corrected chi connectivity index (χ0v) is 11.3. The molecule has 0 aromatic carbocycles. The molecule has 0 aromatic heterocycles. The van der Waals surface area contributed by atoms with E-state index in [0.29, 0.717) is 5.56 Å². The van der Waals surface area contributed by atoms with Crippen molar-refractivity contribution in [1.29, 1.82) is 0 Å². The monoisotopic (exact) mass is 282 g/mol. The summed E-state index contributed by atoms with van der Waals surface area (Å²) in [4.78, 5) is 23.5. The number of rotatable bonds is 4. The maximum Gasteiger partial charge on any atom is 0.332 e. The normalized spacial score (nSPS) is 12.3. The number of alkyl halides is 1. The first-order chi connectivity index (χ1) is 8.65. The Hall–Kier alpha value is -1.39. The molecule has 5 heteroatoms. The molecule has 1 aliphatic heterocycles.